The van der Waals surface area contributed by atoms with E-state index in [-0.39, 0.29) is 17.9 Å². The second kappa shape index (κ2) is 5.96. The normalized spacial score (nSPS) is 21.1. The van der Waals surface area contributed by atoms with Gasteiger partial charge in [0.15, 0.2) is 5.78 Å². The summed E-state index contributed by atoms with van der Waals surface area (Å²) >= 11 is 0. The van der Waals surface area contributed by atoms with Crippen LogP contribution in [0.15, 0.2) is 36.5 Å². The first-order valence-electron chi connectivity index (χ1n) is 4.97. The molecule has 0 bridgehead atoms. The van der Waals surface area contributed by atoms with Crippen molar-refractivity contribution in [3.8, 4) is 0 Å². The van der Waals surface area contributed by atoms with Crippen LogP contribution in [0, 0.1) is 0 Å². The van der Waals surface area contributed by atoms with Gasteiger partial charge in [-0.3, -0.25) is 4.79 Å². The molecule has 0 aromatic rings. The molecule has 1 aliphatic heterocycles. The quantitative estimate of drug-likeness (QED) is 0.401. The lowest BCUT2D eigenvalue weighted by Gasteiger charge is -2.13. The highest BCUT2D eigenvalue weighted by atomic mass is 16.5. The average molecular weight is 206 g/mol. The number of carbonyl (C=O) groups excluding carboxylic acids is 2. The topological polar surface area (TPSA) is 43.4 Å². The Bertz CT molecular complexity index is 324. The lowest BCUT2D eigenvalue weighted by atomic mass is 10.2. The fourth-order valence-electron chi connectivity index (χ4n) is 1.12. The van der Waals surface area contributed by atoms with E-state index in [2.05, 4.69) is 0 Å². The molecule has 0 fully saturated rings. The molecule has 0 aliphatic carbocycles. The molecule has 0 saturated heterocycles. The highest BCUT2D eigenvalue weighted by Crippen LogP contribution is 2.08. The summed E-state index contributed by atoms with van der Waals surface area (Å²) in [5.74, 6) is -0.232. The van der Waals surface area contributed by atoms with E-state index in [1.165, 1.54) is 12.2 Å². The summed E-state index contributed by atoms with van der Waals surface area (Å²) < 4.78 is 4.99. The molecular weight excluding hydrogens is 192 g/mol. The molecule has 15 heavy (non-hydrogen) atoms. The van der Waals surface area contributed by atoms with Gasteiger partial charge >= 0.3 is 5.97 Å². The van der Waals surface area contributed by atoms with Crippen LogP contribution in [0.3, 0.4) is 0 Å². The zero-order chi connectivity index (χ0) is 11.1. The van der Waals surface area contributed by atoms with Gasteiger partial charge in [0.2, 0.25) is 0 Å². The lowest BCUT2D eigenvalue weighted by molar-refractivity contribution is -0.141. The molecule has 0 amide bonds. The Morgan fingerprint density at radius 3 is 3.07 bits per heavy atom. The molecule has 0 N–H and O–H groups in total. The zero-order valence-electron chi connectivity index (χ0n) is 8.68. The zero-order valence-corrected chi connectivity index (χ0v) is 8.68. The summed E-state index contributed by atoms with van der Waals surface area (Å²) in [4.78, 5) is 21.7. The van der Waals surface area contributed by atoms with E-state index in [9.17, 15) is 9.59 Å². The molecule has 1 atom stereocenters. The molecule has 1 rings (SSSR count). The van der Waals surface area contributed by atoms with E-state index in [0.717, 1.165) is 0 Å². The summed E-state index contributed by atoms with van der Waals surface area (Å²) in [6.45, 7) is 1.81. The predicted octanol–water partition coefficient (Wildman–Crippen LogP) is 1.95. The fraction of sp³-hybridized carbons (Fsp3) is 0.333. The minimum Gasteiger partial charge on any atom is -0.455 e. The lowest BCUT2D eigenvalue weighted by Crippen LogP contribution is -2.17. The van der Waals surface area contributed by atoms with Crippen LogP contribution >= 0.6 is 0 Å². The summed E-state index contributed by atoms with van der Waals surface area (Å²) in [5.41, 5.74) is 0. The molecule has 0 unspecified atom stereocenters. The molecule has 3 heteroatoms. The minimum absolute atomic E-state index is 0.0835. The van der Waals surface area contributed by atoms with Gasteiger partial charge in [0.25, 0.3) is 0 Å². The standard InChI is InChI=1S/C12H14O3/c1-2-10(13)6-3-4-7-11-8-5-9-12(14)15-11/h3-7,9,11H,2,8H2,1H3/b6-3+,7-4-/t11-/m0/s1. The number of rotatable bonds is 4. The molecule has 0 aromatic heterocycles. The smallest absolute Gasteiger partial charge is 0.331 e. The maximum absolute atomic E-state index is 10.9. The van der Waals surface area contributed by atoms with E-state index < -0.39 is 0 Å². The second-order valence-corrected chi connectivity index (χ2v) is 3.18. The minimum atomic E-state index is -0.315. The van der Waals surface area contributed by atoms with E-state index in [1.807, 2.05) is 6.92 Å². The Morgan fingerprint density at radius 1 is 1.60 bits per heavy atom. The fourth-order valence-corrected chi connectivity index (χ4v) is 1.12. The Hall–Kier alpha value is -1.64. The highest BCUT2D eigenvalue weighted by molar-refractivity contribution is 5.89. The Morgan fingerprint density at radius 2 is 2.40 bits per heavy atom. The van der Waals surface area contributed by atoms with Gasteiger partial charge in [-0.25, -0.2) is 4.79 Å². The van der Waals surface area contributed by atoms with Gasteiger partial charge in [0.1, 0.15) is 6.10 Å². The first-order chi connectivity index (χ1) is 7.22. The largest absolute Gasteiger partial charge is 0.455 e. The molecule has 0 saturated carbocycles. The first-order valence-corrected chi connectivity index (χ1v) is 4.97. The van der Waals surface area contributed by atoms with Crippen LogP contribution in [0.2, 0.25) is 0 Å². The Kier molecular flexibility index (Phi) is 4.54. The van der Waals surface area contributed by atoms with E-state index >= 15 is 0 Å². The van der Waals surface area contributed by atoms with Gasteiger partial charge in [0, 0.05) is 18.9 Å². The van der Waals surface area contributed by atoms with E-state index in [0.29, 0.717) is 12.8 Å². The van der Waals surface area contributed by atoms with Crippen molar-refractivity contribution < 1.29 is 14.3 Å². The maximum atomic E-state index is 10.9. The number of hydrogen-bond acceptors (Lipinski definition) is 3. The number of carbonyl (C=O) groups is 2. The van der Waals surface area contributed by atoms with Crippen LogP contribution in [-0.4, -0.2) is 17.9 Å². The molecule has 1 aliphatic rings. The summed E-state index contributed by atoms with van der Waals surface area (Å²) in [6, 6.07) is 0. The van der Waals surface area contributed by atoms with Crippen LogP contribution in [0.1, 0.15) is 19.8 Å². The van der Waals surface area contributed by atoms with Crippen LogP contribution in [0.5, 0.6) is 0 Å². The summed E-state index contributed by atoms with van der Waals surface area (Å²) in [6.07, 6.45) is 10.9. The monoisotopic (exact) mass is 206 g/mol. The molecule has 80 valence electrons. The van der Waals surface area contributed by atoms with Crippen molar-refractivity contribution in [1.82, 2.24) is 0 Å². The van der Waals surface area contributed by atoms with E-state index in [4.69, 9.17) is 4.74 Å². The van der Waals surface area contributed by atoms with E-state index in [1.54, 1.807) is 24.3 Å². The van der Waals surface area contributed by atoms with Crippen LogP contribution in [0.4, 0.5) is 0 Å². The number of ketones is 1. The van der Waals surface area contributed by atoms with Crippen molar-refractivity contribution in [1.29, 1.82) is 0 Å². The molecule has 3 nitrogen and oxygen atoms in total. The summed E-state index contributed by atoms with van der Waals surface area (Å²) in [7, 11) is 0. The number of ether oxygens (including phenoxy) is 1. The number of cyclic esters (lactones) is 1. The Balaban J connectivity index is 2.38. The van der Waals surface area contributed by atoms with Crippen LogP contribution in [-0.2, 0) is 14.3 Å². The van der Waals surface area contributed by atoms with Gasteiger partial charge in [0.05, 0.1) is 0 Å². The SMILES string of the molecule is CCC(=O)/C=C/C=C\[C@H]1CC=CC(=O)O1. The third kappa shape index (κ3) is 4.40. The first kappa shape index (κ1) is 11.4. The van der Waals surface area contributed by atoms with Crippen molar-refractivity contribution >= 4 is 11.8 Å². The number of hydrogen-bond donors (Lipinski definition) is 0. The third-order valence-electron chi connectivity index (χ3n) is 1.96. The maximum Gasteiger partial charge on any atom is 0.331 e. The van der Waals surface area contributed by atoms with Crippen LogP contribution < -0.4 is 0 Å². The van der Waals surface area contributed by atoms with Crippen molar-refractivity contribution in [2.75, 3.05) is 0 Å². The average Bonchev–Trinajstić information content (AvgIpc) is 2.24. The van der Waals surface area contributed by atoms with Crippen molar-refractivity contribution in [2.24, 2.45) is 0 Å². The van der Waals surface area contributed by atoms with Crippen LogP contribution in [0.25, 0.3) is 0 Å². The number of allylic oxidation sites excluding steroid dienone is 3. The molecule has 0 aromatic carbocycles. The van der Waals surface area contributed by atoms with Gasteiger partial charge in [-0.15, -0.1) is 0 Å². The van der Waals surface area contributed by atoms with Gasteiger partial charge in [-0.1, -0.05) is 25.2 Å². The van der Waals surface area contributed by atoms with Crippen molar-refractivity contribution in [3.05, 3.63) is 36.5 Å². The molecular formula is C12H14O3. The molecule has 0 radical (unpaired) electrons. The van der Waals surface area contributed by atoms with Gasteiger partial charge in [-0.05, 0) is 12.2 Å². The summed E-state index contributed by atoms with van der Waals surface area (Å²) in [5, 5.41) is 0. The van der Waals surface area contributed by atoms with Crippen molar-refractivity contribution in [2.45, 2.75) is 25.9 Å². The third-order valence-corrected chi connectivity index (χ3v) is 1.96. The number of esters is 1. The van der Waals surface area contributed by atoms with Gasteiger partial charge < -0.3 is 4.74 Å². The van der Waals surface area contributed by atoms with Gasteiger partial charge in [-0.2, -0.15) is 0 Å². The highest BCUT2D eigenvalue weighted by Gasteiger charge is 2.11. The molecule has 0 spiro atoms. The van der Waals surface area contributed by atoms with Crippen molar-refractivity contribution in [3.63, 3.8) is 0 Å². The second-order valence-electron chi connectivity index (χ2n) is 3.18. The molecule has 1 heterocycles. The predicted molar refractivity (Wildman–Crippen MR) is 57.2 cm³/mol. The Labute approximate surface area is 89.1 Å².